The van der Waals surface area contributed by atoms with Crippen molar-refractivity contribution < 1.29 is 5.11 Å². The summed E-state index contributed by atoms with van der Waals surface area (Å²) in [6.07, 6.45) is 0. The highest BCUT2D eigenvalue weighted by atomic mass is 35.5. The molecule has 0 amide bonds. The van der Waals surface area contributed by atoms with Crippen LogP contribution in [0.1, 0.15) is 11.1 Å². The lowest BCUT2D eigenvalue weighted by atomic mass is 9.97. The van der Waals surface area contributed by atoms with E-state index in [4.69, 9.17) is 17.3 Å². The highest BCUT2D eigenvalue weighted by Crippen LogP contribution is 2.39. The van der Waals surface area contributed by atoms with Crippen LogP contribution in [-0.2, 0) is 0 Å². The topological polar surface area (TPSA) is 107 Å². The molecule has 0 saturated heterocycles. The normalized spacial score (nSPS) is 10.1. The predicted molar refractivity (Wildman–Crippen MR) is 101 cm³/mol. The highest BCUT2D eigenvalue weighted by Gasteiger charge is 2.21. The quantitative estimate of drug-likeness (QED) is 0.690. The lowest BCUT2D eigenvalue weighted by Gasteiger charge is -2.13. The van der Waals surface area contributed by atoms with Gasteiger partial charge in [-0.1, -0.05) is 41.6 Å². The number of rotatable bonds is 3. The van der Waals surface area contributed by atoms with E-state index in [1.807, 2.05) is 12.1 Å². The van der Waals surface area contributed by atoms with E-state index < -0.39 is 0 Å². The number of anilines is 1. The van der Waals surface area contributed by atoms with Gasteiger partial charge in [-0.2, -0.15) is 10.5 Å². The highest BCUT2D eigenvalue weighted by molar-refractivity contribution is 7.99. The molecule has 1 heterocycles. The summed E-state index contributed by atoms with van der Waals surface area (Å²) < 4.78 is 0. The van der Waals surface area contributed by atoms with Gasteiger partial charge in [0.15, 0.2) is 0 Å². The molecule has 2 aromatic carbocycles. The van der Waals surface area contributed by atoms with Crippen LogP contribution in [0.3, 0.4) is 0 Å². The Morgan fingerprint density at radius 3 is 2.42 bits per heavy atom. The molecule has 3 aromatic rings. The molecule has 0 aliphatic rings. The first-order valence-electron chi connectivity index (χ1n) is 7.40. The van der Waals surface area contributed by atoms with Gasteiger partial charge in [0.2, 0.25) is 0 Å². The number of nitriles is 2. The number of nitrogens with zero attached hydrogens (tertiary/aromatic N) is 3. The first kappa shape index (κ1) is 17.6. The van der Waals surface area contributed by atoms with E-state index in [2.05, 4.69) is 11.1 Å². The summed E-state index contributed by atoms with van der Waals surface area (Å²) in [4.78, 5) is 5.02. The Hall–Kier alpha value is -3.19. The number of nitrogens with two attached hydrogens (primary N) is 1. The van der Waals surface area contributed by atoms with Gasteiger partial charge >= 0.3 is 0 Å². The van der Waals surface area contributed by atoms with Crippen LogP contribution in [0.2, 0.25) is 5.02 Å². The Labute approximate surface area is 159 Å². The predicted octanol–water partition coefficient (Wildman–Crippen LogP) is 4.58. The number of pyridine rings is 1. The van der Waals surface area contributed by atoms with Gasteiger partial charge in [-0.3, -0.25) is 0 Å². The van der Waals surface area contributed by atoms with Crippen LogP contribution in [-0.4, -0.2) is 10.1 Å². The van der Waals surface area contributed by atoms with Crippen molar-refractivity contribution >= 4 is 29.2 Å². The fourth-order valence-corrected chi connectivity index (χ4v) is 3.67. The third-order valence-corrected chi connectivity index (χ3v) is 4.77. The average Bonchev–Trinajstić information content (AvgIpc) is 2.61. The molecule has 0 spiro atoms. The second-order valence-electron chi connectivity index (χ2n) is 5.26. The van der Waals surface area contributed by atoms with Crippen LogP contribution >= 0.6 is 23.4 Å². The van der Waals surface area contributed by atoms with Crippen molar-refractivity contribution in [3.05, 3.63) is 64.7 Å². The molecule has 0 saturated carbocycles. The molecule has 0 radical (unpaired) electrons. The zero-order valence-electron chi connectivity index (χ0n) is 13.3. The standard InChI is InChI=1S/C19H11ClN4OS/c20-12-4-2-6-14(8-12)26-19-16(10-22)17(15(9-21)18(23)24-19)11-3-1-5-13(25)7-11/h1-8,25H,(H2,23,24). The molecular formula is C19H11ClN4OS. The number of phenols is 1. The van der Waals surface area contributed by atoms with Crippen LogP contribution < -0.4 is 5.73 Å². The molecule has 7 heteroatoms. The number of aromatic hydroxyl groups is 1. The minimum absolute atomic E-state index is 0.0226. The van der Waals surface area contributed by atoms with Gasteiger partial charge in [0.05, 0.1) is 5.56 Å². The number of aromatic nitrogens is 1. The van der Waals surface area contributed by atoms with Gasteiger partial charge in [-0.25, -0.2) is 4.98 Å². The first-order chi connectivity index (χ1) is 12.5. The Bertz CT molecular complexity index is 1090. The summed E-state index contributed by atoms with van der Waals surface area (Å²) >= 11 is 7.24. The molecule has 1 aromatic heterocycles. The first-order valence-corrected chi connectivity index (χ1v) is 8.59. The zero-order chi connectivity index (χ0) is 18.7. The number of phenolic OH excluding ortho intramolecular Hbond substituents is 1. The number of nitrogen functional groups attached to an aromatic ring is 1. The van der Waals surface area contributed by atoms with Gasteiger partial charge in [-0.15, -0.1) is 0 Å². The minimum atomic E-state index is 0.0226. The average molecular weight is 379 g/mol. The lowest BCUT2D eigenvalue weighted by Crippen LogP contribution is -2.03. The van der Waals surface area contributed by atoms with Crippen molar-refractivity contribution in [3.8, 4) is 29.0 Å². The molecule has 26 heavy (non-hydrogen) atoms. The van der Waals surface area contributed by atoms with Crippen LogP contribution in [0.4, 0.5) is 5.82 Å². The van der Waals surface area contributed by atoms with Crippen molar-refractivity contribution in [3.63, 3.8) is 0 Å². The largest absolute Gasteiger partial charge is 0.508 e. The van der Waals surface area contributed by atoms with Crippen molar-refractivity contribution in [2.45, 2.75) is 9.92 Å². The van der Waals surface area contributed by atoms with Gasteiger partial charge in [0.25, 0.3) is 0 Å². The van der Waals surface area contributed by atoms with Crippen LogP contribution in [0.15, 0.2) is 58.5 Å². The number of hydrogen-bond donors (Lipinski definition) is 2. The van der Waals surface area contributed by atoms with Crippen molar-refractivity contribution in [1.82, 2.24) is 4.98 Å². The summed E-state index contributed by atoms with van der Waals surface area (Å²) in [7, 11) is 0. The Morgan fingerprint density at radius 2 is 1.77 bits per heavy atom. The molecular weight excluding hydrogens is 368 g/mol. The second-order valence-corrected chi connectivity index (χ2v) is 6.76. The van der Waals surface area contributed by atoms with Crippen LogP contribution in [0, 0.1) is 22.7 Å². The number of hydrogen-bond acceptors (Lipinski definition) is 6. The van der Waals surface area contributed by atoms with E-state index in [0.717, 1.165) is 4.90 Å². The molecule has 0 bridgehead atoms. The van der Waals surface area contributed by atoms with Crippen LogP contribution in [0.25, 0.3) is 11.1 Å². The van der Waals surface area contributed by atoms with E-state index in [-0.39, 0.29) is 22.7 Å². The fourth-order valence-electron chi connectivity index (χ4n) is 2.46. The van der Waals surface area contributed by atoms with Crippen molar-refractivity contribution in [2.75, 3.05) is 5.73 Å². The Morgan fingerprint density at radius 1 is 1.04 bits per heavy atom. The third-order valence-electron chi connectivity index (χ3n) is 3.56. The maximum Gasteiger partial charge on any atom is 0.143 e. The Balaban J connectivity index is 2.25. The SMILES string of the molecule is N#Cc1c(N)nc(Sc2cccc(Cl)c2)c(C#N)c1-c1cccc(O)c1. The molecule has 126 valence electrons. The van der Waals surface area contributed by atoms with E-state index >= 15 is 0 Å². The molecule has 0 aliphatic carbocycles. The molecule has 0 aliphatic heterocycles. The van der Waals surface area contributed by atoms with Crippen LogP contribution in [0.5, 0.6) is 5.75 Å². The van der Waals surface area contributed by atoms with Crippen molar-refractivity contribution in [2.24, 2.45) is 0 Å². The molecule has 5 nitrogen and oxygen atoms in total. The van der Waals surface area contributed by atoms with E-state index in [1.165, 1.54) is 23.9 Å². The number of halogens is 1. The monoisotopic (exact) mass is 378 g/mol. The maximum absolute atomic E-state index is 9.77. The zero-order valence-corrected chi connectivity index (χ0v) is 14.8. The lowest BCUT2D eigenvalue weighted by molar-refractivity contribution is 0.475. The molecule has 0 unspecified atom stereocenters. The molecule has 3 rings (SSSR count). The summed E-state index contributed by atoms with van der Waals surface area (Å²) in [5.74, 6) is 0.0454. The summed E-state index contributed by atoms with van der Waals surface area (Å²) in [5.41, 5.74) is 7.15. The van der Waals surface area contributed by atoms with Gasteiger partial charge in [-0.05, 0) is 35.9 Å². The van der Waals surface area contributed by atoms with Gasteiger partial charge in [0.1, 0.15) is 34.3 Å². The van der Waals surface area contributed by atoms with Crippen molar-refractivity contribution in [1.29, 1.82) is 10.5 Å². The molecule has 3 N–H and O–H groups in total. The summed E-state index contributed by atoms with van der Waals surface area (Å²) in [5, 5.41) is 29.9. The maximum atomic E-state index is 9.77. The molecule has 0 fully saturated rings. The minimum Gasteiger partial charge on any atom is -0.508 e. The van der Waals surface area contributed by atoms with E-state index in [0.29, 0.717) is 21.2 Å². The van der Waals surface area contributed by atoms with Gasteiger partial charge in [0, 0.05) is 15.5 Å². The van der Waals surface area contributed by atoms with E-state index in [1.54, 1.807) is 30.3 Å². The summed E-state index contributed by atoms with van der Waals surface area (Å²) in [6, 6.07) is 17.6. The Kier molecular flexibility index (Phi) is 4.99. The second kappa shape index (κ2) is 7.37. The van der Waals surface area contributed by atoms with E-state index in [9.17, 15) is 15.6 Å². The fraction of sp³-hybridized carbons (Fsp3) is 0. The van der Waals surface area contributed by atoms with Gasteiger partial charge < -0.3 is 10.8 Å². The summed E-state index contributed by atoms with van der Waals surface area (Å²) in [6.45, 7) is 0. The molecule has 0 atom stereocenters. The number of benzene rings is 2. The smallest absolute Gasteiger partial charge is 0.143 e. The third kappa shape index (κ3) is 3.43.